The van der Waals surface area contributed by atoms with E-state index in [-0.39, 0.29) is 5.02 Å². The zero-order chi connectivity index (χ0) is 21.5. The topological polar surface area (TPSA) is 99.9 Å². The minimum absolute atomic E-state index is 0.107. The highest BCUT2D eigenvalue weighted by Crippen LogP contribution is 2.31. The Hall–Kier alpha value is -2.78. The van der Waals surface area contributed by atoms with Crippen molar-refractivity contribution in [3.63, 3.8) is 0 Å². The molecule has 0 amide bonds. The van der Waals surface area contributed by atoms with Crippen LogP contribution in [-0.4, -0.2) is 42.1 Å². The van der Waals surface area contributed by atoms with Crippen LogP contribution in [-0.2, 0) is 19.5 Å². The Labute approximate surface area is 177 Å². The van der Waals surface area contributed by atoms with Gasteiger partial charge in [0.25, 0.3) is 5.56 Å². The number of nitrogens with one attached hydrogen (secondary N) is 1. The largest absolute Gasteiger partial charge is 0.383 e. The molecule has 0 bridgehead atoms. The van der Waals surface area contributed by atoms with E-state index in [9.17, 15) is 14.3 Å². The Bertz CT molecular complexity index is 1120. The molecule has 30 heavy (non-hydrogen) atoms. The summed E-state index contributed by atoms with van der Waals surface area (Å²) in [6.45, 7) is 4.22. The average Bonchev–Trinajstić information content (AvgIpc) is 3.11. The highest BCUT2D eigenvalue weighted by Gasteiger charge is 2.32. The number of aliphatic hydroxyl groups is 1. The molecule has 1 aliphatic rings. The lowest BCUT2D eigenvalue weighted by atomic mass is 9.97. The van der Waals surface area contributed by atoms with E-state index in [2.05, 4.69) is 20.2 Å². The molecule has 0 saturated heterocycles. The summed E-state index contributed by atoms with van der Waals surface area (Å²) in [5.41, 5.74) is 1.32. The second-order valence-corrected chi connectivity index (χ2v) is 8.23. The minimum Gasteiger partial charge on any atom is -0.383 e. The molecule has 3 aromatic heterocycles. The number of H-pyrrole nitrogens is 1. The fourth-order valence-electron chi connectivity index (χ4n) is 3.65. The number of hydrogen-bond acceptors (Lipinski definition) is 6. The maximum atomic E-state index is 14.3. The molecule has 1 aliphatic heterocycles. The van der Waals surface area contributed by atoms with Crippen molar-refractivity contribution in [2.45, 2.75) is 45.1 Å². The first kappa shape index (κ1) is 20.5. The van der Waals surface area contributed by atoms with Gasteiger partial charge in [0.15, 0.2) is 0 Å². The van der Waals surface area contributed by atoms with E-state index >= 15 is 0 Å². The molecule has 10 heteroatoms. The van der Waals surface area contributed by atoms with Crippen LogP contribution < -0.4 is 10.5 Å². The van der Waals surface area contributed by atoms with Crippen molar-refractivity contribution < 1.29 is 9.50 Å². The lowest BCUT2D eigenvalue weighted by Gasteiger charge is -2.29. The van der Waals surface area contributed by atoms with Crippen molar-refractivity contribution in [2.75, 3.05) is 11.4 Å². The van der Waals surface area contributed by atoms with Crippen molar-refractivity contribution in [1.29, 1.82) is 0 Å². The van der Waals surface area contributed by atoms with Gasteiger partial charge in [0, 0.05) is 24.9 Å². The van der Waals surface area contributed by atoms with Gasteiger partial charge in [-0.2, -0.15) is 5.10 Å². The first-order chi connectivity index (χ1) is 14.3. The molecule has 158 valence electrons. The van der Waals surface area contributed by atoms with Gasteiger partial charge in [-0.25, -0.2) is 14.5 Å². The summed E-state index contributed by atoms with van der Waals surface area (Å²) >= 11 is 6.14. The van der Waals surface area contributed by atoms with Crippen molar-refractivity contribution in [2.24, 2.45) is 0 Å². The van der Waals surface area contributed by atoms with Crippen LogP contribution in [0.3, 0.4) is 0 Å². The number of nitrogens with zero attached hydrogens (tertiary/aromatic N) is 5. The van der Waals surface area contributed by atoms with Gasteiger partial charge in [0.05, 0.1) is 42.7 Å². The van der Waals surface area contributed by atoms with E-state index in [0.717, 1.165) is 17.0 Å². The van der Waals surface area contributed by atoms with Gasteiger partial charge < -0.3 is 14.6 Å². The minimum atomic E-state index is -1.81. The third-order valence-electron chi connectivity index (χ3n) is 5.29. The van der Waals surface area contributed by atoms with Gasteiger partial charge in [0.1, 0.15) is 16.8 Å². The molecule has 0 radical (unpaired) electrons. The summed E-state index contributed by atoms with van der Waals surface area (Å²) in [5.74, 6) is 0. The fourth-order valence-corrected chi connectivity index (χ4v) is 3.86. The Morgan fingerprint density at radius 2 is 2.20 bits per heavy atom. The molecule has 3 aromatic rings. The Balaban J connectivity index is 1.59. The summed E-state index contributed by atoms with van der Waals surface area (Å²) in [6.07, 6.45) is 4.18. The third kappa shape index (κ3) is 3.82. The molecular weight excluding hydrogens is 411 g/mol. The Kier molecular flexibility index (Phi) is 5.33. The van der Waals surface area contributed by atoms with Gasteiger partial charge in [-0.05, 0) is 25.5 Å². The molecule has 1 atom stereocenters. The quantitative estimate of drug-likeness (QED) is 0.642. The summed E-state index contributed by atoms with van der Waals surface area (Å²) in [5, 5.41) is 16.7. The molecule has 8 nitrogen and oxygen atoms in total. The summed E-state index contributed by atoms with van der Waals surface area (Å²) in [4.78, 5) is 22.5. The van der Waals surface area contributed by atoms with Crippen molar-refractivity contribution in [3.8, 4) is 0 Å². The Morgan fingerprint density at radius 3 is 2.97 bits per heavy atom. The number of rotatable bonds is 5. The molecular formula is C20H22ClFN6O2. The number of aliphatic hydroxyl groups excluding tert-OH is 1. The maximum Gasteiger partial charge on any atom is 0.285 e. The highest BCUT2D eigenvalue weighted by molar-refractivity contribution is 6.32. The molecule has 0 aliphatic carbocycles. The molecule has 0 spiro atoms. The number of hydrogen-bond donors (Lipinski definition) is 2. The molecule has 4 heterocycles. The van der Waals surface area contributed by atoms with Crippen molar-refractivity contribution >= 4 is 17.3 Å². The van der Waals surface area contributed by atoms with Crippen LogP contribution in [0, 0.1) is 0 Å². The number of alkyl halides is 1. The predicted molar refractivity (Wildman–Crippen MR) is 110 cm³/mol. The van der Waals surface area contributed by atoms with Gasteiger partial charge >= 0.3 is 0 Å². The highest BCUT2D eigenvalue weighted by atomic mass is 35.5. The average molecular weight is 433 g/mol. The predicted octanol–water partition coefficient (Wildman–Crippen LogP) is 2.41. The monoisotopic (exact) mass is 432 g/mol. The van der Waals surface area contributed by atoms with E-state index in [1.807, 2.05) is 15.5 Å². The number of imidazole rings is 1. The van der Waals surface area contributed by atoms with Crippen LogP contribution in [0.1, 0.15) is 42.6 Å². The number of anilines is 1. The first-order valence-corrected chi connectivity index (χ1v) is 9.95. The van der Waals surface area contributed by atoms with Gasteiger partial charge in [0.2, 0.25) is 0 Å². The van der Waals surface area contributed by atoms with Gasteiger partial charge in [-0.1, -0.05) is 17.7 Å². The second-order valence-electron chi connectivity index (χ2n) is 7.85. The van der Waals surface area contributed by atoms with Crippen molar-refractivity contribution in [3.05, 3.63) is 68.9 Å². The first-order valence-electron chi connectivity index (χ1n) is 9.57. The molecule has 4 rings (SSSR count). The number of aromatic nitrogens is 5. The molecule has 0 saturated carbocycles. The zero-order valence-electron chi connectivity index (χ0n) is 16.6. The van der Waals surface area contributed by atoms with Crippen molar-refractivity contribution in [1.82, 2.24) is 24.7 Å². The van der Waals surface area contributed by atoms with Crippen LogP contribution in [0.25, 0.3) is 0 Å². The van der Waals surface area contributed by atoms with E-state index in [0.29, 0.717) is 37.4 Å². The van der Waals surface area contributed by atoms with E-state index in [1.54, 1.807) is 18.6 Å². The van der Waals surface area contributed by atoms with E-state index in [4.69, 9.17) is 11.6 Å². The van der Waals surface area contributed by atoms with Crippen LogP contribution >= 0.6 is 11.6 Å². The normalized spacial score (nSPS) is 15.2. The molecule has 0 fully saturated rings. The van der Waals surface area contributed by atoms with Crippen LogP contribution in [0.15, 0.2) is 35.6 Å². The van der Waals surface area contributed by atoms with Gasteiger partial charge in [-0.15, -0.1) is 0 Å². The van der Waals surface area contributed by atoms with E-state index < -0.39 is 17.3 Å². The number of halogens is 2. The van der Waals surface area contributed by atoms with Crippen LogP contribution in [0.5, 0.6) is 0 Å². The van der Waals surface area contributed by atoms with Gasteiger partial charge in [-0.3, -0.25) is 9.78 Å². The molecule has 0 unspecified atom stereocenters. The Morgan fingerprint density at radius 1 is 1.40 bits per heavy atom. The number of aromatic amines is 1. The smallest absolute Gasteiger partial charge is 0.285 e. The van der Waals surface area contributed by atoms with E-state index in [1.165, 1.54) is 20.0 Å². The maximum absolute atomic E-state index is 14.3. The van der Waals surface area contributed by atoms with Crippen LogP contribution in [0.2, 0.25) is 5.02 Å². The molecule has 0 aromatic carbocycles. The summed E-state index contributed by atoms with van der Waals surface area (Å²) in [6, 6.07) is 3.60. The third-order valence-corrected chi connectivity index (χ3v) is 5.65. The lowest BCUT2D eigenvalue weighted by molar-refractivity contribution is 0.0126. The molecule has 2 N–H and O–H groups in total. The SMILES string of the molecule is CC(C)(F)[C@@H](O)c1ncccc1Cn1cnc2c1CCN(c1cn[nH]c(=O)c1Cl)C2. The summed E-state index contributed by atoms with van der Waals surface area (Å²) < 4.78 is 16.3. The zero-order valence-corrected chi connectivity index (χ0v) is 17.4. The summed E-state index contributed by atoms with van der Waals surface area (Å²) in [7, 11) is 0. The second kappa shape index (κ2) is 7.81. The fraction of sp³-hybridized carbons (Fsp3) is 0.400. The lowest BCUT2D eigenvalue weighted by Crippen LogP contribution is -2.33. The standard InChI is InChI=1S/C20H22ClFN6O2/c1-20(2,22)18(29)17-12(4-3-6-23-17)9-28-11-24-13-10-27(7-5-14(13)28)15-8-25-26-19(30)16(15)21/h3-4,6,8,11,18,29H,5,7,9-10H2,1-2H3,(H,26,30)/t18-/m0/s1. The van der Waals surface area contributed by atoms with Crippen LogP contribution in [0.4, 0.5) is 10.1 Å². The number of pyridine rings is 1. The number of fused-ring (bicyclic) bond motifs is 1.